The maximum atomic E-state index is 11.6. The Balaban J connectivity index is 3.55. The van der Waals surface area contributed by atoms with Gasteiger partial charge >= 0.3 is 0 Å². The number of nitriles is 1. The molecule has 0 aromatic rings. The van der Waals surface area contributed by atoms with E-state index in [-0.39, 0.29) is 11.9 Å². The van der Waals surface area contributed by atoms with E-state index in [0.29, 0.717) is 6.42 Å². The third-order valence-electron chi connectivity index (χ3n) is 2.91. The van der Waals surface area contributed by atoms with Crippen molar-refractivity contribution in [3.63, 3.8) is 0 Å². The summed E-state index contributed by atoms with van der Waals surface area (Å²) in [5, 5.41) is 8.68. The molecule has 0 radical (unpaired) electrons. The lowest BCUT2D eigenvalue weighted by atomic mass is 10.1. The van der Waals surface area contributed by atoms with Gasteiger partial charge in [0.1, 0.15) is 6.04 Å². The lowest BCUT2D eigenvalue weighted by Gasteiger charge is -2.19. The van der Waals surface area contributed by atoms with E-state index in [1.165, 1.54) is 30.6 Å². The molecule has 0 N–H and O–H groups in total. The average molecular weight is 224 g/mol. The SMILES string of the molecule is CCCCCCCCC(=O)N(C)C(C)C#N. The number of rotatable bonds is 8. The first-order valence-electron chi connectivity index (χ1n) is 6.28. The second-order valence-corrected chi connectivity index (χ2v) is 4.33. The molecule has 0 heterocycles. The second-order valence-electron chi connectivity index (χ2n) is 4.33. The topological polar surface area (TPSA) is 44.1 Å². The van der Waals surface area contributed by atoms with Crippen LogP contribution in [-0.4, -0.2) is 23.9 Å². The summed E-state index contributed by atoms with van der Waals surface area (Å²) in [4.78, 5) is 13.1. The zero-order valence-corrected chi connectivity index (χ0v) is 10.8. The highest BCUT2D eigenvalue weighted by Gasteiger charge is 2.13. The Morgan fingerprint density at radius 3 is 2.38 bits per heavy atom. The van der Waals surface area contributed by atoms with Gasteiger partial charge in [0.25, 0.3) is 0 Å². The molecule has 3 heteroatoms. The van der Waals surface area contributed by atoms with E-state index in [2.05, 4.69) is 13.0 Å². The predicted octanol–water partition coefficient (Wildman–Crippen LogP) is 3.11. The third kappa shape index (κ3) is 6.44. The molecule has 16 heavy (non-hydrogen) atoms. The van der Waals surface area contributed by atoms with Crippen LogP contribution in [0.25, 0.3) is 0 Å². The van der Waals surface area contributed by atoms with Crippen LogP contribution in [0.1, 0.15) is 58.8 Å². The van der Waals surface area contributed by atoms with Crippen LogP contribution < -0.4 is 0 Å². The smallest absolute Gasteiger partial charge is 0.223 e. The summed E-state index contributed by atoms with van der Waals surface area (Å²) in [5.74, 6) is 0.0875. The van der Waals surface area contributed by atoms with Gasteiger partial charge in [-0.25, -0.2) is 0 Å². The average Bonchev–Trinajstić information content (AvgIpc) is 2.31. The number of nitrogens with zero attached hydrogens (tertiary/aromatic N) is 2. The van der Waals surface area contributed by atoms with Gasteiger partial charge in [-0.05, 0) is 13.3 Å². The first-order chi connectivity index (χ1) is 7.63. The van der Waals surface area contributed by atoms with Crippen molar-refractivity contribution in [3.8, 4) is 6.07 Å². The van der Waals surface area contributed by atoms with Crippen LogP contribution >= 0.6 is 0 Å². The standard InChI is InChI=1S/C13H24N2O/c1-4-5-6-7-8-9-10-13(16)15(3)12(2)11-14/h12H,4-10H2,1-3H3. The molecule has 0 aromatic heterocycles. The fourth-order valence-electron chi connectivity index (χ4n) is 1.54. The summed E-state index contributed by atoms with van der Waals surface area (Å²) >= 11 is 0. The maximum absolute atomic E-state index is 11.6. The lowest BCUT2D eigenvalue weighted by molar-refractivity contribution is -0.130. The molecule has 0 aliphatic rings. The lowest BCUT2D eigenvalue weighted by Crippen LogP contribution is -2.33. The molecule has 0 aliphatic heterocycles. The van der Waals surface area contributed by atoms with Crippen molar-refractivity contribution in [2.24, 2.45) is 0 Å². The molecule has 0 rings (SSSR count). The van der Waals surface area contributed by atoms with E-state index < -0.39 is 0 Å². The second kappa shape index (κ2) is 9.21. The van der Waals surface area contributed by atoms with Gasteiger partial charge in [-0.15, -0.1) is 0 Å². The highest BCUT2D eigenvalue weighted by Crippen LogP contribution is 2.08. The Morgan fingerprint density at radius 2 is 1.81 bits per heavy atom. The minimum Gasteiger partial charge on any atom is -0.330 e. The van der Waals surface area contributed by atoms with Crippen LogP contribution in [0.4, 0.5) is 0 Å². The molecule has 92 valence electrons. The summed E-state index contributed by atoms with van der Waals surface area (Å²) in [6, 6.07) is 1.76. The van der Waals surface area contributed by atoms with Crippen LogP contribution in [0.2, 0.25) is 0 Å². The van der Waals surface area contributed by atoms with Gasteiger partial charge in [0.05, 0.1) is 6.07 Å². The minimum atomic E-state index is -0.312. The van der Waals surface area contributed by atoms with Gasteiger partial charge in [-0.3, -0.25) is 4.79 Å². The summed E-state index contributed by atoms with van der Waals surface area (Å²) in [6.07, 6.45) is 7.69. The molecule has 0 aromatic carbocycles. The van der Waals surface area contributed by atoms with Gasteiger partial charge in [0.2, 0.25) is 5.91 Å². The summed E-state index contributed by atoms with van der Waals surface area (Å²) in [7, 11) is 1.70. The molecule has 0 saturated heterocycles. The molecule has 0 fully saturated rings. The van der Waals surface area contributed by atoms with Crippen molar-refractivity contribution in [3.05, 3.63) is 0 Å². The molecule has 0 spiro atoms. The largest absolute Gasteiger partial charge is 0.330 e. The predicted molar refractivity (Wildman–Crippen MR) is 65.8 cm³/mol. The van der Waals surface area contributed by atoms with E-state index in [4.69, 9.17) is 5.26 Å². The van der Waals surface area contributed by atoms with Crippen LogP contribution in [0.3, 0.4) is 0 Å². The van der Waals surface area contributed by atoms with Gasteiger partial charge in [0.15, 0.2) is 0 Å². The number of carbonyl (C=O) groups excluding carboxylic acids is 1. The van der Waals surface area contributed by atoms with E-state index in [1.807, 2.05) is 0 Å². The zero-order valence-electron chi connectivity index (χ0n) is 10.8. The fraction of sp³-hybridized carbons (Fsp3) is 0.846. The minimum absolute atomic E-state index is 0.0875. The monoisotopic (exact) mass is 224 g/mol. The Morgan fingerprint density at radius 1 is 1.25 bits per heavy atom. The van der Waals surface area contributed by atoms with Crippen molar-refractivity contribution in [1.82, 2.24) is 4.90 Å². The quantitative estimate of drug-likeness (QED) is 0.595. The molecule has 1 atom stereocenters. The Kier molecular flexibility index (Phi) is 8.61. The molecule has 0 saturated carbocycles. The van der Waals surface area contributed by atoms with Crippen molar-refractivity contribution in [1.29, 1.82) is 5.26 Å². The van der Waals surface area contributed by atoms with Crippen LogP contribution in [0, 0.1) is 11.3 Å². The first-order valence-corrected chi connectivity index (χ1v) is 6.28. The zero-order chi connectivity index (χ0) is 12.4. The van der Waals surface area contributed by atoms with Gasteiger partial charge < -0.3 is 4.90 Å². The molecule has 1 unspecified atom stereocenters. The molecule has 3 nitrogen and oxygen atoms in total. The highest BCUT2D eigenvalue weighted by molar-refractivity contribution is 5.76. The van der Waals surface area contributed by atoms with Crippen LogP contribution in [-0.2, 0) is 4.79 Å². The fourth-order valence-corrected chi connectivity index (χ4v) is 1.54. The third-order valence-corrected chi connectivity index (χ3v) is 2.91. The first kappa shape index (κ1) is 15.0. The van der Waals surface area contributed by atoms with E-state index in [0.717, 1.165) is 12.8 Å². The number of carbonyl (C=O) groups is 1. The van der Waals surface area contributed by atoms with Crippen molar-refractivity contribution < 1.29 is 4.79 Å². The number of unbranched alkanes of at least 4 members (excludes halogenated alkanes) is 5. The van der Waals surface area contributed by atoms with E-state index >= 15 is 0 Å². The Bertz CT molecular complexity index is 233. The number of hydrogen-bond donors (Lipinski definition) is 0. The van der Waals surface area contributed by atoms with Gasteiger partial charge in [-0.2, -0.15) is 5.26 Å². The van der Waals surface area contributed by atoms with E-state index in [1.54, 1.807) is 14.0 Å². The summed E-state index contributed by atoms with van der Waals surface area (Å²) in [6.45, 7) is 3.95. The summed E-state index contributed by atoms with van der Waals surface area (Å²) < 4.78 is 0. The molecule has 1 amide bonds. The Labute approximate surface area is 99.4 Å². The molecule has 0 aliphatic carbocycles. The Hall–Kier alpha value is -1.04. The van der Waals surface area contributed by atoms with Crippen LogP contribution in [0.5, 0.6) is 0 Å². The highest BCUT2D eigenvalue weighted by atomic mass is 16.2. The van der Waals surface area contributed by atoms with Crippen molar-refractivity contribution in [2.75, 3.05) is 7.05 Å². The number of amides is 1. The molecular weight excluding hydrogens is 200 g/mol. The van der Waals surface area contributed by atoms with Crippen LogP contribution in [0.15, 0.2) is 0 Å². The molecule has 0 bridgehead atoms. The van der Waals surface area contributed by atoms with Crippen molar-refractivity contribution in [2.45, 2.75) is 64.8 Å². The normalized spacial score (nSPS) is 11.9. The maximum Gasteiger partial charge on any atom is 0.223 e. The summed E-state index contributed by atoms with van der Waals surface area (Å²) in [5.41, 5.74) is 0. The van der Waals surface area contributed by atoms with E-state index in [9.17, 15) is 4.79 Å². The van der Waals surface area contributed by atoms with Crippen molar-refractivity contribution >= 4 is 5.91 Å². The number of hydrogen-bond acceptors (Lipinski definition) is 2. The molecular formula is C13H24N2O. The van der Waals surface area contributed by atoms with Gasteiger partial charge in [0, 0.05) is 13.5 Å². The van der Waals surface area contributed by atoms with Gasteiger partial charge in [-0.1, -0.05) is 39.0 Å².